The molecule has 6 atom stereocenters. The lowest BCUT2D eigenvalue weighted by molar-refractivity contribution is -0.313. The number of carboxylic acid groups (broad SMARTS) is 1. The highest BCUT2D eigenvalue weighted by atomic mass is 16.7. The van der Waals surface area contributed by atoms with Crippen molar-refractivity contribution in [2.75, 3.05) is 6.61 Å². The summed E-state index contributed by atoms with van der Waals surface area (Å²) in [4.78, 5) is 21.8. The van der Waals surface area contributed by atoms with E-state index in [9.17, 15) is 30.0 Å². The Morgan fingerprint density at radius 1 is 1.43 bits per heavy atom. The van der Waals surface area contributed by atoms with Crippen molar-refractivity contribution < 1.29 is 49.7 Å². The highest BCUT2D eigenvalue weighted by molar-refractivity contribution is 5.75. The summed E-state index contributed by atoms with van der Waals surface area (Å²) in [7, 11) is 0. The maximum atomic E-state index is 10.9. The van der Waals surface area contributed by atoms with E-state index in [1.165, 1.54) is 0 Å². The van der Waals surface area contributed by atoms with E-state index in [4.69, 9.17) is 14.9 Å². The maximum Gasteiger partial charge on any atom is 0.364 e. The molecule has 0 saturated carbocycles. The van der Waals surface area contributed by atoms with Gasteiger partial charge in [0.1, 0.15) is 18.3 Å². The van der Waals surface area contributed by atoms with Crippen LogP contribution in [0.2, 0.25) is 0 Å². The maximum absolute atomic E-state index is 10.9. The van der Waals surface area contributed by atoms with Crippen molar-refractivity contribution in [2.24, 2.45) is 0 Å². The molecule has 1 fully saturated rings. The van der Waals surface area contributed by atoms with Crippen molar-refractivity contribution in [2.45, 2.75) is 49.7 Å². The minimum Gasteiger partial charge on any atom is -0.477 e. The van der Waals surface area contributed by atoms with Crippen molar-refractivity contribution in [3.63, 3.8) is 0 Å². The number of esters is 1. The van der Waals surface area contributed by atoms with E-state index in [-0.39, 0.29) is 0 Å². The number of carboxylic acids is 1. The molecule has 0 aromatic carbocycles. The molecule has 1 aliphatic rings. The third kappa shape index (κ3) is 3.87. The van der Waals surface area contributed by atoms with Gasteiger partial charge in [-0.1, -0.05) is 0 Å². The Morgan fingerprint density at radius 3 is 2.43 bits per heavy atom. The lowest BCUT2D eigenvalue weighted by Crippen LogP contribution is -2.63. The van der Waals surface area contributed by atoms with Gasteiger partial charge < -0.3 is 40.1 Å². The third-order valence-corrected chi connectivity index (χ3v) is 3.10. The fourth-order valence-corrected chi connectivity index (χ4v) is 2.02. The highest BCUT2D eigenvalue weighted by Crippen LogP contribution is 2.30. The first-order valence-corrected chi connectivity index (χ1v) is 6.08. The Morgan fingerprint density at radius 2 is 2.00 bits per heavy atom. The van der Waals surface area contributed by atoms with Crippen LogP contribution in [0.4, 0.5) is 0 Å². The SMILES string of the molecule is CC(=O)O[C@H](CO)[C@@H](O)[C@@H]1OC(O)(C(=O)O)C[C@H](O)[C@H]1O. The van der Waals surface area contributed by atoms with Crippen LogP contribution in [0.15, 0.2) is 0 Å². The van der Waals surface area contributed by atoms with Crippen LogP contribution in [0.1, 0.15) is 13.3 Å². The average Bonchev–Trinajstić information content (AvgIpc) is 2.39. The third-order valence-electron chi connectivity index (χ3n) is 3.10. The number of hydrogen-bond donors (Lipinski definition) is 6. The summed E-state index contributed by atoms with van der Waals surface area (Å²) in [5, 5.41) is 56.9. The Balaban J connectivity index is 2.96. The molecule has 1 saturated heterocycles. The van der Waals surface area contributed by atoms with Gasteiger partial charge in [0.15, 0.2) is 6.10 Å². The Kier molecular flexibility index (Phi) is 5.61. The lowest BCUT2D eigenvalue weighted by atomic mass is 9.91. The number of aliphatic hydroxyl groups excluding tert-OH is 4. The van der Waals surface area contributed by atoms with Crippen LogP contribution < -0.4 is 0 Å². The van der Waals surface area contributed by atoms with Gasteiger partial charge in [-0.15, -0.1) is 0 Å². The van der Waals surface area contributed by atoms with Gasteiger partial charge in [-0.2, -0.15) is 0 Å². The summed E-state index contributed by atoms with van der Waals surface area (Å²) < 4.78 is 9.32. The molecule has 0 amide bonds. The summed E-state index contributed by atoms with van der Waals surface area (Å²) in [6.07, 6.45) is -9.43. The van der Waals surface area contributed by atoms with Crippen molar-refractivity contribution >= 4 is 11.9 Å². The molecule has 10 nitrogen and oxygen atoms in total. The summed E-state index contributed by atoms with van der Waals surface area (Å²) >= 11 is 0. The first-order chi connectivity index (χ1) is 9.62. The Bertz CT molecular complexity index is 398. The smallest absolute Gasteiger partial charge is 0.364 e. The number of carbonyl (C=O) groups excluding carboxylic acids is 1. The second-order valence-corrected chi connectivity index (χ2v) is 4.76. The minimum atomic E-state index is -2.82. The number of aliphatic carboxylic acids is 1. The van der Waals surface area contributed by atoms with Gasteiger partial charge in [0.25, 0.3) is 5.79 Å². The fraction of sp³-hybridized carbons (Fsp3) is 0.818. The highest BCUT2D eigenvalue weighted by Gasteiger charge is 2.53. The molecule has 1 rings (SSSR count). The second-order valence-electron chi connectivity index (χ2n) is 4.76. The van der Waals surface area contributed by atoms with E-state index in [2.05, 4.69) is 4.74 Å². The fourth-order valence-electron chi connectivity index (χ4n) is 2.02. The largest absolute Gasteiger partial charge is 0.477 e. The van der Waals surface area contributed by atoms with Crippen LogP contribution in [0, 0.1) is 0 Å². The number of carbonyl (C=O) groups is 2. The van der Waals surface area contributed by atoms with Gasteiger partial charge in [-0.05, 0) is 0 Å². The number of hydrogen-bond acceptors (Lipinski definition) is 9. The van der Waals surface area contributed by atoms with Crippen molar-refractivity contribution in [3.8, 4) is 0 Å². The predicted molar refractivity (Wildman–Crippen MR) is 62.7 cm³/mol. The monoisotopic (exact) mass is 310 g/mol. The molecule has 0 radical (unpaired) electrons. The van der Waals surface area contributed by atoms with Gasteiger partial charge in [0.2, 0.25) is 0 Å². The molecule has 21 heavy (non-hydrogen) atoms. The van der Waals surface area contributed by atoms with E-state index in [1.54, 1.807) is 0 Å². The van der Waals surface area contributed by atoms with Gasteiger partial charge in [0, 0.05) is 13.3 Å². The van der Waals surface area contributed by atoms with Crippen LogP contribution >= 0.6 is 0 Å². The number of rotatable bonds is 5. The zero-order valence-electron chi connectivity index (χ0n) is 11.1. The van der Waals surface area contributed by atoms with Gasteiger partial charge in [-0.25, -0.2) is 4.79 Å². The average molecular weight is 310 g/mol. The zero-order valence-corrected chi connectivity index (χ0v) is 11.1. The van der Waals surface area contributed by atoms with E-state index in [1.807, 2.05) is 0 Å². The zero-order chi connectivity index (χ0) is 16.4. The molecule has 0 bridgehead atoms. The molecule has 0 aromatic rings. The van der Waals surface area contributed by atoms with E-state index < -0.39 is 61.3 Å². The molecule has 0 aromatic heterocycles. The first-order valence-electron chi connectivity index (χ1n) is 6.08. The molecular formula is C11H18O10. The normalized spacial score (nSPS) is 35.8. The molecule has 10 heteroatoms. The van der Waals surface area contributed by atoms with Crippen molar-refractivity contribution in [1.82, 2.24) is 0 Å². The summed E-state index contributed by atoms with van der Waals surface area (Å²) in [5.74, 6) is -5.48. The van der Waals surface area contributed by atoms with Crippen LogP contribution in [0.5, 0.6) is 0 Å². The molecular weight excluding hydrogens is 292 g/mol. The van der Waals surface area contributed by atoms with Crippen LogP contribution in [0.25, 0.3) is 0 Å². The van der Waals surface area contributed by atoms with Crippen LogP contribution in [-0.2, 0) is 19.1 Å². The summed E-state index contributed by atoms with van der Waals surface area (Å²) in [6.45, 7) is 0.172. The quantitative estimate of drug-likeness (QED) is 0.280. The summed E-state index contributed by atoms with van der Waals surface area (Å²) in [6, 6.07) is 0. The summed E-state index contributed by atoms with van der Waals surface area (Å²) in [5.41, 5.74) is 0. The van der Waals surface area contributed by atoms with Gasteiger partial charge in [0.05, 0.1) is 12.7 Å². The van der Waals surface area contributed by atoms with E-state index in [0.29, 0.717) is 0 Å². The van der Waals surface area contributed by atoms with E-state index in [0.717, 1.165) is 6.92 Å². The first kappa shape index (κ1) is 17.8. The number of aliphatic hydroxyl groups is 5. The van der Waals surface area contributed by atoms with E-state index >= 15 is 0 Å². The standard InChI is InChI=1S/C11H18O10/c1-4(13)20-6(3-12)8(16)9-7(15)5(14)2-11(19,21-9)10(17)18/h5-9,12,14-16,19H,2-3H2,1H3,(H,17,18)/t5-,6+,7+,8+,9+,11?/m0/s1. The topological polar surface area (TPSA) is 174 Å². The minimum absolute atomic E-state index is 0.815. The Hall–Kier alpha value is -1.30. The van der Waals surface area contributed by atoms with Crippen LogP contribution in [-0.4, -0.2) is 85.5 Å². The molecule has 0 spiro atoms. The molecule has 1 heterocycles. The lowest BCUT2D eigenvalue weighted by Gasteiger charge is -2.42. The molecule has 6 N–H and O–H groups in total. The second kappa shape index (κ2) is 6.64. The van der Waals surface area contributed by atoms with Gasteiger partial charge in [-0.3, -0.25) is 4.79 Å². The molecule has 1 unspecified atom stereocenters. The molecule has 0 aliphatic carbocycles. The Labute approximate surface area is 119 Å². The van der Waals surface area contributed by atoms with Crippen LogP contribution in [0.3, 0.4) is 0 Å². The number of ether oxygens (including phenoxy) is 2. The molecule has 1 aliphatic heterocycles. The van der Waals surface area contributed by atoms with Gasteiger partial charge >= 0.3 is 11.9 Å². The van der Waals surface area contributed by atoms with Crippen molar-refractivity contribution in [1.29, 1.82) is 0 Å². The van der Waals surface area contributed by atoms with Crippen molar-refractivity contribution in [3.05, 3.63) is 0 Å². The molecule has 122 valence electrons. The predicted octanol–water partition coefficient (Wildman–Crippen LogP) is -3.44.